The summed E-state index contributed by atoms with van der Waals surface area (Å²) in [7, 11) is 0. The Balaban J connectivity index is 3.66. The van der Waals surface area contributed by atoms with E-state index in [0.717, 1.165) is 6.08 Å². The van der Waals surface area contributed by atoms with Gasteiger partial charge in [0.25, 0.3) is 0 Å². The molecular weight excluding hydrogens is 268 g/mol. The van der Waals surface area contributed by atoms with E-state index in [1.54, 1.807) is 6.92 Å². The summed E-state index contributed by atoms with van der Waals surface area (Å²) in [5.41, 5.74) is 0. The fourth-order valence-corrected chi connectivity index (χ4v) is 0.959. The smallest absolute Gasteiger partial charge is 0.408 e. The van der Waals surface area contributed by atoms with Crippen molar-refractivity contribution in [3.63, 3.8) is 0 Å². The highest BCUT2D eigenvalue weighted by atomic mass is 16.6. The minimum atomic E-state index is -0.748. The molecule has 0 saturated heterocycles. The predicted molar refractivity (Wildman–Crippen MR) is 69.9 cm³/mol. The van der Waals surface area contributed by atoms with Gasteiger partial charge in [-0.05, 0) is 13.3 Å². The van der Waals surface area contributed by atoms with Crippen molar-refractivity contribution in [2.45, 2.75) is 26.4 Å². The van der Waals surface area contributed by atoms with Gasteiger partial charge in [-0.15, -0.1) is 0 Å². The number of rotatable bonds is 8. The lowest BCUT2D eigenvalue weighted by molar-refractivity contribution is -0.143. The Morgan fingerprint density at radius 2 is 1.80 bits per heavy atom. The first-order valence-electron chi connectivity index (χ1n) is 6.13. The molecule has 0 heterocycles. The van der Waals surface area contributed by atoms with Crippen LogP contribution in [0.3, 0.4) is 0 Å². The molecule has 0 spiro atoms. The quantitative estimate of drug-likeness (QED) is 0.298. The molecule has 0 aromatic rings. The van der Waals surface area contributed by atoms with E-state index >= 15 is 0 Å². The van der Waals surface area contributed by atoms with Gasteiger partial charge >= 0.3 is 18.2 Å². The highest BCUT2D eigenvalue weighted by molar-refractivity contribution is 5.81. The van der Waals surface area contributed by atoms with Crippen LogP contribution in [0.5, 0.6) is 0 Å². The zero-order valence-electron chi connectivity index (χ0n) is 11.6. The Bertz CT molecular complexity index is 345. The number of hydrogen-bond donors (Lipinski definition) is 2. The van der Waals surface area contributed by atoms with Gasteiger partial charge in [0.2, 0.25) is 0 Å². The van der Waals surface area contributed by atoms with E-state index in [1.807, 2.05) is 6.92 Å². The Morgan fingerprint density at radius 3 is 2.35 bits per heavy atom. The molecule has 0 aromatic heterocycles. The number of ether oxygens (including phenoxy) is 3. The van der Waals surface area contributed by atoms with Crippen molar-refractivity contribution in [2.24, 2.45) is 0 Å². The van der Waals surface area contributed by atoms with Gasteiger partial charge in [0.1, 0.15) is 12.7 Å². The van der Waals surface area contributed by atoms with E-state index in [2.05, 4.69) is 17.2 Å². The van der Waals surface area contributed by atoms with Gasteiger partial charge in [-0.3, -0.25) is 0 Å². The van der Waals surface area contributed by atoms with Crippen LogP contribution >= 0.6 is 0 Å². The summed E-state index contributed by atoms with van der Waals surface area (Å²) < 4.78 is 14.3. The van der Waals surface area contributed by atoms with Crippen LogP contribution in [0.4, 0.5) is 9.59 Å². The molecule has 2 N–H and O–H groups in total. The zero-order valence-corrected chi connectivity index (χ0v) is 11.6. The van der Waals surface area contributed by atoms with Gasteiger partial charge < -0.3 is 24.8 Å². The van der Waals surface area contributed by atoms with Gasteiger partial charge in [0, 0.05) is 6.08 Å². The SMILES string of the molecule is C=CC(=O)OC(C)COC(=O)NCNC(=O)OCCC. The summed E-state index contributed by atoms with van der Waals surface area (Å²) in [4.78, 5) is 33.1. The van der Waals surface area contributed by atoms with Crippen LogP contribution in [0.15, 0.2) is 12.7 Å². The van der Waals surface area contributed by atoms with Crippen molar-refractivity contribution >= 4 is 18.2 Å². The largest absolute Gasteiger partial charge is 0.456 e. The van der Waals surface area contributed by atoms with Crippen molar-refractivity contribution in [3.8, 4) is 0 Å². The van der Waals surface area contributed by atoms with Gasteiger partial charge in [-0.1, -0.05) is 13.5 Å². The summed E-state index contributed by atoms with van der Waals surface area (Å²) in [6, 6.07) is 0. The molecule has 0 aliphatic carbocycles. The lowest BCUT2D eigenvalue weighted by atomic mass is 10.4. The fourth-order valence-electron chi connectivity index (χ4n) is 0.959. The number of nitrogens with one attached hydrogen (secondary N) is 2. The average molecular weight is 288 g/mol. The normalized spacial score (nSPS) is 10.9. The van der Waals surface area contributed by atoms with Crippen LogP contribution < -0.4 is 10.6 Å². The molecule has 0 bridgehead atoms. The van der Waals surface area contributed by atoms with Gasteiger partial charge in [-0.25, -0.2) is 14.4 Å². The molecule has 1 unspecified atom stereocenters. The van der Waals surface area contributed by atoms with Gasteiger partial charge in [-0.2, -0.15) is 0 Å². The molecule has 0 saturated carbocycles. The molecule has 0 radical (unpaired) electrons. The maximum absolute atomic E-state index is 11.2. The topological polar surface area (TPSA) is 103 Å². The first kappa shape index (κ1) is 17.8. The first-order chi connectivity index (χ1) is 9.49. The number of esters is 1. The fraction of sp³-hybridized carbons (Fsp3) is 0.583. The molecule has 0 aliphatic heterocycles. The summed E-state index contributed by atoms with van der Waals surface area (Å²) >= 11 is 0. The van der Waals surface area contributed by atoms with Crippen molar-refractivity contribution < 1.29 is 28.6 Å². The monoisotopic (exact) mass is 288 g/mol. The third kappa shape index (κ3) is 9.75. The molecule has 2 amide bonds. The first-order valence-corrected chi connectivity index (χ1v) is 6.13. The highest BCUT2D eigenvalue weighted by Gasteiger charge is 2.10. The molecule has 1 atom stereocenters. The molecule has 0 aromatic carbocycles. The average Bonchev–Trinajstić information content (AvgIpc) is 2.42. The van der Waals surface area contributed by atoms with E-state index in [4.69, 9.17) is 14.2 Å². The Morgan fingerprint density at radius 1 is 1.20 bits per heavy atom. The summed E-state index contributed by atoms with van der Waals surface area (Å²) in [5.74, 6) is -0.596. The van der Waals surface area contributed by atoms with Crippen LogP contribution in [0.1, 0.15) is 20.3 Å². The Kier molecular flexibility index (Phi) is 9.45. The molecule has 0 aliphatic rings. The summed E-state index contributed by atoms with van der Waals surface area (Å²) in [5, 5.41) is 4.58. The molecule has 8 nitrogen and oxygen atoms in total. The van der Waals surface area contributed by atoms with Crippen molar-refractivity contribution in [1.29, 1.82) is 0 Å². The Labute approximate surface area is 117 Å². The standard InChI is InChI=1S/C12H20N2O6/c1-4-6-18-11(16)13-8-14-12(17)19-7-9(3)20-10(15)5-2/h5,9H,2,4,6-8H2,1,3H3,(H,13,16)(H,14,17). The number of amides is 2. The Hall–Kier alpha value is -2.25. The zero-order chi connectivity index (χ0) is 15.4. The molecular formula is C12H20N2O6. The van der Waals surface area contributed by atoms with Gasteiger partial charge in [0.05, 0.1) is 13.3 Å². The van der Waals surface area contributed by atoms with Crippen molar-refractivity contribution in [3.05, 3.63) is 12.7 Å². The van der Waals surface area contributed by atoms with Crippen molar-refractivity contribution in [2.75, 3.05) is 19.9 Å². The predicted octanol–water partition coefficient (Wildman–Crippen LogP) is 0.924. The minimum absolute atomic E-state index is 0.105. The summed E-state index contributed by atoms with van der Waals surface area (Å²) in [6.07, 6.45) is -0.233. The maximum atomic E-state index is 11.2. The van der Waals surface area contributed by atoms with E-state index in [0.29, 0.717) is 13.0 Å². The molecule has 20 heavy (non-hydrogen) atoms. The second kappa shape index (κ2) is 10.7. The van der Waals surface area contributed by atoms with E-state index in [1.165, 1.54) is 0 Å². The number of carbonyl (C=O) groups excluding carboxylic acids is 3. The van der Waals surface area contributed by atoms with Crippen molar-refractivity contribution in [1.82, 2.24) is 10.6 Å². The van der Waals surface area contributed by atoms with Crippen LogP contribution in [-0.2, 0) is 19.0 Å². The van der Waals surface area contributed by atoms with Crippen LogP contribution in [0, 0.1) is 0 Å². The third-order valence-corrected chi connectivity index (χ3v) is 1.84. The lowest BCUT2D eigenvalue weighted by Crippen LogP contribution is -2.38. The number of carbonyl (C=O) groups is 3. The minimum Gasteiger partial charge on any atom is -0.456 e. The molecule has 8 heteroatoms. The molecule has 114 valence electrons. The lowest BCUT2D eigenvalue weighted by Gasteiger charge is -2.13. The van der Waals surface area contributed by atoms with E-state index < -0.39 is 24.3 Å². The van der Waals surface area contributed by atoms with Crippen LogP contribution in [-0.4, -0.2) is 44.1 Å². The van der Waals surface area contributed by atoms with E-state index in [-0.39, 0.29) is 13.3 Å². The van der Waals surface area contributed by atoms with E-state index in [9.17, 15) is 14.4 Å². The third-order valence-electron chi connectivity index (χ3n) is 1.84. The van der Waals surface area contributed by atoms with Crippen LogP contribution in [0.25, 0.3) is 0 Å². The maximum Gasteiger partial charge on any atom is 0.408 e. The molecule has 0 rings (SSSR count). The summed E-state index contributed by atoms with van der Waals surface area (Å²) in [6.45, 7) is 6.75. The van der Waals surface area contributed by atoms with Crippen LogP contribution in [0.2, 0.25) is 0 Å². The number of hydrogen-bond acceptors (Lipinski definition) is 6. The second-order valence-corrected chi connectivity index (χ2v) is 3.72. The van der Waals surface area contributed by atoms with Gasteiger partial charge in [0.15, 0.2) is 0 Å². The second-order valence-electron chi connectivity index (χ2n) is 3.72. The highest BCUT2D eigenvalue weighted by Crippen LogP contribution is 1.93. The number of alkyl carbamates (subject to hydrolysis) is 2. The molecule has 0 fully saturated rings.